The Hall–Kier alpha value is -1.80. The van der Waals surface area contributed by atoms with E-state index < -0.39 is 6.10 Å². The van der Waals surface area contributed by atoms with E-state index in [0.717, 1.165) is 17.9 Å². The highest BCUT2D eigenvalue weighted by molar-refractivity contribution is 14.0. The SMILES string of the molecule is CCNC(=NCC(O)c1ccc(C)cc1)NCCOc1ccccc1.I. The number of rotatable bonds is 8. The molecule has 2 aromatic carbocycles. The molecule has 0 aliphatic rings. The second-order valence-electron chi connectivity index (χ2n) is 5.73. The van der Waals surface area contributed by atoms with Crippen molar-refractivity contribution in [2.75, 3.05) is 26.2 Å². The minimum Gasteiger partial charge on any atom is -0.492 e. The van der Waals surface area contributed by atoms with Gasteiger partial charge >= 0.3 is 0 Å². The lowest BCUT2D eigenvalue weighted by Crippen LogP contribution is -2.39. The third-order valence-electron chi connectivity index (χ3n) is 3.64. The van der Waals surface area contributed by atoms with E-state index in [0.29, 0.717) is 25.7 Å². The van der Waals surface area contributed by atoms with Gasteiger partial charge in [-0.2, -0.15) is 0 Å². The van der Waals surface area contributed by atoms with Gasteiger partial charge in [0.05, 0.1) is 19.2 Å². The summed E-state index contributed by atoms with van der Waals surface area (Å²) in [7, 11) is 0. The molecule has 1 unspecified atom stereocenters. The van der Waals surface area contributed by atoms with Crippen LogP contribution in [0.25, 0.3) is 0 Å². The van der Waals surface area contributed by atoms with Gasteiger partial charge in [0.1, 0.15) is 12.4 Å². The van der Waals surface area contributed by atoms with Crippen molar-refractivity contribution in [2.45, 2.75) is 20.0 Å². The minimum atomic E-state index is -0.614. The summed E-state index contributed by atoms with van der Waals surface area (Å²) in [6.07, 6.45) is -0.614. The molecule has 0 bridgehead atoms. The highest BCUT2D eigenvalue weighted by Crippen LogP contribution is 2.13. The maximum absolute atomic E-state index is 10.3. The van der Waals surface area contributed by atoms with Crippen molar-refractivity contribution >= 4 is 29.9 Å². The summed E-state index contributed by atoms with van der Waals surface area (Å²) in [6.45, 7) is 6.26. The fraction of sp³-hybridized carbons (Fsp3) is 0.350. The first-order valence-electron chi connectivity index (χ1n) is 8.63. The van der Waals surface area contributed by atoms with Crippen molar-refractivity contribution < 1.29 is 9.84 Å². The first-order chi connectivity index (χ1) is 12.2. The summed E-state index contributed by atoms with van der Waals surface area (Å²) >= 11 is 0. The van der Waals surface area contributed by atoms with Crippen molar-refractivity contribution in [1.82, 2.24) is 10.6 Å². The van der Waals surface area contributed by atoms with Crippen molar-refractivity contribution in [2.24, 2.45) is 4.99 Å². The van der Waals surface area contributed by atoms with Crippen LogP contribution in [0.3, 0.4) is 0 Å². The number of nitrogens with zero attached hydrogens (tertiary/aromatic N) is 1. The topological polar surface area (TPSA) is 65.9 Å². The lowest BCUT2D eigenvalue weighted by atomic mass is 10.1. The Bertz CT molecular complexity index is 648. The number of benzene rings is 2. The molecule has 0 radical (unpaired) electrons. The van der Waals surface area contributed by atoms with Crippen LogP contribution in [0.2, 0.25) is 0 Å². The molecule has 2 aromatic rings. The number of aliphatic imine (C=N–C) groups is 1. The predicted octanol–water partition coefficient (Wildman–Crippen LogP) is 3.28. The van der Waals surface area contributed by atoms with Crippen LogP contribution < -0.4 is 15.4 Å². The lowest BCUT2D eigenvalue weighted by Gasteiger charge is -2.14. The molecule has 0 aliphatic carbocycles. The molecule has 1 atom stereocenters. The normalized spacial score (nSPS) is 12.0. The number of hydrogen-bond acceptors (Lipinski definition) is 3. The van der Waals surface area contributed by atoms with E-state index in [1.165, 1.54) is 5.56 Å². The maximum Gasteiger partial charge on any atom is 0.191 e. The summed E-state index contributed by atoms with van der Waals surface area (Å²) in [5.41, 5.74) is 2.05. The minimum absolute atomic E-state index is 0. The van der Waals surface area contributed by atoms with Gasteiger partial charge in [-0.25, -0.2) is 0 Å². The van der Waals surface area contributed by atoms with Gasteiger partial charge in [0.15, 0.2) is 5.96 Å². The molecule has 0 amide bonds. The summed E-state index contributed by atoms with van der Waals surface area (Å²) in [5.74, 6) is 1.52. The number of aliphatic hydroxyl groups is 1. The van der Waals surface area contributed by atoms with Crippen LogP contribution in [-0.4, -0.2) is 37.3 Å². The fourth-order valence-electron chi connectivity index (χ4n) is 2.27. The summed E-state index contributed by atoms with van der Waals surface area (Å²) in [5, 5.41) is 16.6. The van der Waals surface area contributed by atoms with Crippen molar-refractivity contribution in [3.8, 4) is 5.75 Å². The summed E-state index contributed by atoms with van der Waals surface area (Å²) < 4.78 is 5.65. The van der Waals surface area contributed by atoms with Gasteiger partial charge in [-0.3, -0.25) is 4.99 Å². The molecule has 5 nitrogen and oxygen atoms in total. The molecule has 0 saturated heterocycles. The molecule has 0 saturated carbocycles. The second kappa shape index (κ2) is 12.5. The Morgan fingerprint density at radius 2 is 1.77 bits per heavy atom. The number of guanidine groups is 1. The average Bonchev–Trinajstić information content (AvgIpc) is 2.64. The molecule has 26 heavy (non-hydrogen) atoms. The van der Waals surface area contributed by atoms with E-state index in [1.54, 1.807) is 0 Å². The van der Waals surface area contributed by atoms with Crippen LogP contribution in [0, 0.1) is 6.92 Å². The largest absolute Gasteiger partial charge is 0.492 e. The van der Waals surface area contributed by atoms with E-state index in [1.807, 2.05) is 68.4 Å². The third-order valence-corrected chi connectivity index (χ3v) is 3.64. The Balaban J connectivity index is 0.00000338. The molecule has 6 heteroatoms. The van der Waals surface area contributed by atoms with Gasteiger partial charge in [-0.1, -0.05) is 48.0 Å². The highest BCUT2D eigenvalue weighted by Gasteiger charge is 2.07. The standard InChI is InChI=1S/C20H27N3O2.HI/c1-3-21-20(22-13-14-25-18-7-5-4-6-8-18)23-15-19(24)17-11-9-16(2)10-12-17;/h4-12,19,24H,3,13-15H2,1-2H3,(H2,21,22,23);1H. The van der Waals surface area contributed by atoms with Gasteiger partial charge in [-0.05, 0) is 31.5 Å². The number of halogens is 1. The molecular formula is C20H28IN3O2. The second-order valence-corrected chi connectivity index (χ2v) is 5.73. The van der Waals surface area contributed by atoms with Gasteiger partial charge in [0, 0.05) is 6.54 Å². The molecular weight excluding hydrogens is 441 g/mol. The van der Waals surface area contributed by atoms with Crippen molar-refractivity contribution in [1.29, 1.82) is 0 Å². The maximum atomic E-state index is 10.3. The molecule has 0 aliphatic heterocycles. The Kier molecular flexibility index (Phi) is 10.7. The van der Waals surface area contributed by atoms with Crippen molar-refractivity contribution in [3.63, 3.8) is 0 Å². The molecule has 0 fully saturated rings. The van der Waals surface area contributed by atoms with Crippen LogP contribution in [0.1, 0.15) is 24.2 Å². The van der Waals surface area contributed by atoms with E-state index in [2.05, 4.69) is 15.6 Å². The Morgan fingerprint density at radius 3 is 2.42 bits per heavy atom. The van der Waals surface area contributed by atoms with Crippen LogP contribution in [0.5, 0.6) is 5.75 Å². The fourth-order valence-corrected chi connectivity index (χ4v) is 2.27. The number of hydrogen-bond donors (Lipinski definition) is 3. The molecule has 142 valence electrons. The number of aliphatic hydroxyl groups excluding tert-OH is 1. The van der Waals surface area contributed by atoms with Gasteiger partial charge in [-0.15, -0.1) is 24.0 Å². The third kappa shape index (κ3) is 8.05. The zero-order valence-electron chi connectivity index (χ0n) is 15.3. The van der Waals surface area contributed by atoms with Crippen molar-refractivity contribution in [3.05, 3.63) is 65.7 Å². The zero-order valence-corrected chi connectivity index (χ0v) is 17.6. The number of para-hydroxylation sites is 1. The molecule has 0 heterocycles. The average molecular weight is 469 g/mol. The number of nitrogens with one attached hydrogen (secondary N) is 2. The van der Waals surface area contributed by atoms with Crippen LogP contribution in [-0.2, 0) is 0 Å². The highest BCUT2D eigenvalue weighted by atomic mass is 127. The Morgan fingerprint density at radius 1 is 1.08 bits per heavy atom. The lowest BCUT2D eigenvalue weighted by molar-refractivity contribution is 0.187. The molecule has 3 N–H and O–H groups in total. The van der Waals surface area contributed by atoms with E-state index in [9.17, 15) is 5.11 Å². The zero-order chi connectivity index (χ0) is 17.9. The van der Waals surface area contributed by atoms with Crippen LogP contribution in [0.15, 0.2) is 59.6 Å². The van der Waals surface area contributed by atoms with Crippen LogP contribution >= 0.6 is 24.0 Å². The first kappa shape index (κ1) is 22.2. The summed E-state index contributed by atoms with van der Waals surface area (Å²) in [6, 6.07) is 17.6. The monoisotopic (exact) mass is 469 g/mol. The van der Waals surface area contributed by atoms with E-state index in [-0.39, 0.29) is 24.0 Å². The van der Waals surface area contributed by atoms with Crippen LogP contribution in [0.4, 0.5) is 0 Å². The predicted molar refractivity (Wildman–Crippen MR) is 117 cm³/mol. The van der Waals surface area contributed by atoms with Gasteiger partial charge in [0.25, 0.3) is 0 Å². The van der Waals surface area contributed by atoms with Gasteiger partial charge in [0.2, 0.25) is 0 Å². The molecule has 0 aromatic heterocycles. The smallest absolute Gasteiger partial charge is 0.191 e. The first-order valence-corrected chi connectivity index (χ1v) is 8.63. The quantitative estimate of drug-likeness (QED) is 0.240. The molecule has 0 spiro atoms. The number of aryl methyl sites for hydroxylation is 1. The van der Waals surface area contributed by atoms with Gasteiger partial charge < -0.3 is 20.5 Å². The summed E-state index contributed by atoms with van der Waals surface area (Å²) in [4.78, 5) is 4.45. The molecule has 2 rings (SSSR count). The van der Waals surface area contributed by atoms with E-state index in [4.69, 9.17) is 4.74 Å². The van der Waals surface area contributed by atoms with E-state index >= 15 is 0 Å². The number of ether oxygens (including phenoxy) is 1. The Labute approximate surface area is 172 Å².